The van der Waals surface area contributed by atoms with Gasteiger partial charge in [0.15, 0.2) is 0 Å². The second-order valence-corrected chi connectivity index (χ2v) is 7.81. The van der Waals surface area contributed by atoms with Crippen molar-refractivity contribution in [2.45, 2.75) is 6.42 Å². The number of fused-ring (bicyclic) bond motifs is 2. The summed E-state index contributed by atoms with van der Waals surface area (Å²) in [6.45, 7) is 1.65. The fourth-order valence-electron chi connectivity index (χ4n) is 3.84. The summed E-state index contributed by atoms with van der Waals surface area (Å²) >= 11 is 0. The van der Waals surface area contributed by atoms with Crippen molar-refractivity contribution in [2.75, 3.05) is 39.1 Å². The number of amides is 1. The second-order valence-electron chi connectivity index (χ2n) is 7.81. The zero-order chi connectivity index (χ0) is 20.7. The van der Waals surface area contributed by atoms with Crippen LogP contribution in [0, 0.1) is 0 Å². The van der Waals surface area contributed by atoms with E-state index in [2.05, 4.69) is 30.4 Å². The van der Waals surface area contributed by atoms with Crippen LogP contribution in [0.5, 0.6) is 0 Å². The Kier molecular flexibility index (Phi) is 4.84. The van der Waals surface area contributed by atoms with Crippen LogP contribution in [0.3, 0.4) is 0 Å². The quantitative estimate of drug-likeness (QED) is 0.702. The Balaban J connectivity index is 1.90. The van der Waals surface area contributed by atoms with Crippen molar-refractivity contribution in [3.63, 3.8) is 0 Å². The van der Waals surface area contributed by atoms with E-state index in [1.165, 1.54) is 0 Å². The summed E-state index contributed by atoms with van der Waals surface area (Å²) in [6.07, 6.45) is 6.33. The molecule has 3 heterocycles. The lowest BCUT2D eigenvalue weighted by atomic mass is 9.94. The highest BCUT2D eigenvalue weighted by molar-refractivity contribution is 6.06. The summed E-state index contributed by atoms with van der Waals surface area (Å²) in [6, 6.07) is 6.15. The topological polar surface area (TPSA) is 79.8 Å². The van der Waals surface area contributed by atoms with Gasteiger partial charge in [0, 0.05) is 63.3 Å². The number of nitrogens with two attached hydrogens (primary N) is 1. The summed E-state index contributed by atoms with van der Waals surface area (Å²) in [4.78, 5) is 25.8. The number of carbonyl (C=O) groups excluding carboxylic acids is 1. The van der Waals surface area contributed by atoms with Crippen LogP contribution in [0.2, 0.25) is 0 Å². The van der Waals surface area contributed by atoms with Crippen LogP contribution in [0.4, 0.5) is 11.4 Å². The molecule has 3 aromatic rings. The Hall–Kier alpha value is -3.19. The zero-order valence-electron chi connectivity index (χ0n) is 17.3. The minimum atomic E-state index is -0.416. The first-order valence-corrected chi connectivity index (χ1v) is 9.66. The highest BCUT2D eigenvalue weighted by atomic mass is 16.1. The van der Waals surface area contributed by atoms with Gasteiger partial charge in [0.25, 0.3) is 5.91 Å². The molecule has 1 aliphatic rings. The number of aryl methyl sites for hydroxylation is 1. The molecule has 0 bridgehead atoms. The average molecular weight is 390 g/mol. The first-order valence-electron chi connectivity index (χ1n) is 9.66. The molecule has 7 heteroatoms. The Morgan fingerprint density at radius 3 is 2.76 bits per heavy atom. The van der Waals surface area contributed by atoms with Crippen molar-refractivity contribution in [2.24, 2.45) is 17.8 Å². The summed E-state index contributed by atoms with van der Waals surface area (Å²) in [5.74, 6) is -0.416. The summed E-state index contributed by atoms with van der Waals surface area (Å²) in [7, 11) is 8.07. The minimum Gasteiger partial charge on any atom is -0.373 e. The monoisotopic (exact) mass is 390 g/mol. The molecule has 0 unspecified atom stereocenters. The van der Waals surface area contributed by atoms with E-state index in [1.807, 2.05) is 58.9 Å². The van der Waals surface area contributed by atoms with Crippen LogP contribution in [0.15, 0.2) is 35.6 Å². The molecule has 0 spiro atoms. The molecule has 4 rings (SSSR count). The number of aromatic nitrogens is 2. The molecule has 29 heavy (non-hydrogen) atoms. The number of hydrogen-bond acceptors (Lipinski definition) is 5. The lowest BCUT2D eigenvalue weighted by molar-refractivity contribution is 0.1000. The first-order chi connectivity index (χ1) is 13.9. The van der Waals surface area contributed by atoms with Gasteiger partial charge in [-0.05, 0) is 37.9 Å². The highest BCUT2D eigenvalue weighted by Gasteiger charge is 2.25. The van der Waals surface area contributed by atoms with Crippen LogP contribution in [-0.4, -0.2) is 60.8 Å². The summed E-state index contributed by atoms with van der Waals surface area (Å²) in [5, 5.41) is 0. The van der Waals surface area contributed by atoms with E-state index in [0.29, 0.717) is 12.0 Å². The predicted molar refractivity (Wildman–Crippen MR) is 118 cm³/mol. The van der Waals surface area contributed by atoms with Gasteiger partial charge in [-0.2, -0.15) is 0 Å². The third-order valence-electron chi connectivity index (χ3n) is 5.48. The average Bonchev–Trinajstić information content (AvgIpc) is 3.31. The van der Waals surface area contributed by atoms with Crippen LogP contribution in [0.1, 0.15) is 15.9 Å². The van der Waals surface area contributed by atoms with Gasteiger partial charge in [-0.25, -0.2) is 0 Å². The predicted octanol–water partition coefficient (Wildman–Crippen LogP) is 2.60. The lowest BCUT2D eigenvalue weighted by Gasteiger charge is -2.26. The standard InChI is InChI=1S/C22H26N6O/c1-26(2)9-10-28(4)19-12-16(21-15(5-7-24-21)20(19)22(23)29)14-11-18-17(25-13-14)6-8-27(18)3/h6-8,11-13H,5,9-10H2,1-4H3,(H2,23,29). The normalized spacial score (nSPS) is 12.7. The Labute approximate surface area is 170 Å². The van der Waals surface area contributed by atoms with Crippen molar-refractivity contribution in [1.82, 2.24) is 14.5 Å². The summed E-state index contributed by atoms with van der Waals surface area (Å²) in [5.41, 5.74) is 12.9. The molecule has 0 radical (unpaired) electrons. The second kappa shape index (κ2) is 7.33. The van der Waals surface area contributed by atoms with Crippen molar-refractivity contribution < 1.29 is 4.79 Å². The van der Waals surface area contributed by atoms with Gasteiger partial charge in [-0.1, -0.05) is 0 Å². The number of anilines is 1. The molecule has 0 saturated carbocycles. The molecule has 1 amide bonds. The van der Waals surface area contributed by atoms with Gasteiger partial charge in [0.2, 0.25) is 0 Å². The van der Waals surface area contributed by atoms with E-state index in [9.17, 15) is 4.79 Å². The van der Waals surface area contributed by atoms with E-state index in [1.54, 1.807) is 0 Å². The molecule has 1 aliphatic heterocycles. The van der Waals surface area contributed by atoms with Crippen molar-refractivity contribution >= 4 is 34.5 Å². The fourth-order valence-corrected chi connectivity index (χ4v) is 3.84. The van der Waals surface area contributed by atoms with Gasteiger partial charge in [0.1, 0.15) is 0 Å². The SMILES string of the molecule is CN(C)CCN(C)c1cc(-c2cnc3ccn(C)c3c2)c2c(c1C(N)=O)CC=N2. The van der Waals surface area contributed by atoms with Crippen LogP contribution >= 0.6 is 0 Å². The molecular weight excluding hydrogens is 364 g/mol. The Bertz CT molecular complexity index is 1130. The number of rotatable bonds is 6. The number of pyridine rings is 1. The first kappa shape index (κ1) is 19.1. The van der Waals surface area contributed by atoms with Crippen LogP contribution in [0.25, 0.3) is 22.2 Å². The molecule has 1 aromatic carbocycles. The van der Waals surface area contributed by atoms with Crippen LogP contribution in [-0.2, 0) is 13.5 Å². The molecule has 7 nitrogen and oxygen atoms in total. The van der Waals surface area contributed by atoms with E-state index in [4.69, 9.17) is 5.73 Å². The molecular formula is C22H26N6O. The molecule has 0 atom stereocenters. The lowest BCUT2D eigenvalue weighted by Crippen LogP contribution is -2.30. The number of aliphatic imine (C=N–C) groups is 1. The van der Waals surface area contributed by atoms with Crippen LogP contribution < -0.4 is 10.6 Å². The van der Waals surface area contributed by atoms with Gasteiger partial charge in [-0.15, -0.1) is 0 Å². The minimum absolute atomic E-state index is 0.416. The number of primary amides is 1. The van der Waals surface area contributed by atoms with Gasteiger partial charge < -0.3 is 20.1 Å². The van der Waals surface area contributed by atoms with Gasteiger partial charge in [0.05, 0.1) is 28.0 Å². The Morgan fingerprint density at radius 1 is 1.24 bits per heavy atom. The molecule has 150 valence electrons. The van der Waals surface area contributed by atoms with Crippen molar-refractivity contribution in [3.05, 3.63) is 41.7 Å². The number of carbonyl (C=O) groups is 1. The highest BCUT2D eigenvalue weighted by Crippen LogP contribution is 2.43. The molecule has 2 N–H and O–H groups in total. The third-order valence-corrected chi connectivity index (χ3v) is 5.48. The van der Waals surface area contributed by atoms with E-state index in [0.717, 1.165) is 52.2 Å². The van der Waals surface area contributed by atoms with Crippen molar-refractivity contribution in [1.29, 1.82) is 0 Å². The number of benzene rings is 1. The molecule has 0 fully saturated rings. The smallest absolute Gasteiger partial charge is 0.251 e. The van der Waals surface area contributed by atoms with E-state index in [-0.39, 0.29) is 0 Å². The number of hydrogen-bond donors (Lipinski definition) is 1. The zero-order valence-corrected chi connectivity index (χ0v) is 17.3. The molecule has 0 aliphatic carbocycles. The Morgan fingerprint density at radius 2 is 2.03 bits per heavy atom. The molecule has 0 saturated heterocycles. The third kappa shape index (κ3) is 3.38. The fraction of sp³-hybridized carbons (Fsp3) is 0.318. The summed E-state index contributed by atoms with van der Waals surface area (Å²) < 4.78 is 2.05. The van der Waals surface area contributed by atoms with E-state index < -0.39 is 5.91 Å². The number of nitrogens with zero attached hydrogens (tertiary/aromatic N) is 5. The molecule has 2 aromatic heterocycles. The number of likely N-dealkylation sites (N-methyl/N-ethyl adjacent to an activating group) is 2. The maximum atomic E-state index is 12.4. The largest absolute Gasteiger partial charge is 0.373 e. The van der Waals surface area contributed by atoms with E-state index >= 15 is 0 Å². The van der Waals surface area contributed by atoms with Gasteiger partial charge >= 0.3 is 0 Å². The van der Waals surface area contributed by atoms with Gasteiger partial charge in [-0.3, -0.25) is 14.8 Å². The van der Waals surface area contributed by atoms with Crippen molar-refractivity contribution in [3.8, 4) is 11.1 Å². The maximum Gasteiger partial charge on any atom is 0.251 e. The maximum absolute atomic E-state index is 12.4.